The Labute approximate surface area is 243 Å². The molecule has 2 amide bonds. The monoisotopic (exact) mass is 593 g/mol. The van der Waals surface area contributed by atoms with Gasteiger partial charge in [0.1, 0.15) is 5.75 Å². The van der Waals surface area contributed by atoms with Gasteiger partial charge < -0.3 is 24.0 Å². The number of hydrogen-bond donors (Lipinski definition) is 0. The normalized spacial score (nSPS) is 21.5. The molecule has 1 aromatic carbocycles. The average molecular weight is 594 g/mol. The second-order valence-corrected chi connectivity index (χ2v) is 10.9. The number of hydrogen-bond acceptors (Lipinski definition) is 8. The van der Waals surface area contributed by atoms with Gasteiger partial charge in [-0.3, -0.25) is 9.69 Å². The molecule has 2 aliphatic heterocycles. The van der Waals surface area contributed by atoms with Gasteiger partial charge in [0.2, 0.25) is 5.95 Å². The number of amides is 2. The smallest absolute Gasteiger partial charge is 0.471 e. The number of carbonyl (C=O) groups excluding carboxylic acids is 2. The molecular weight excluding hydrogens is 555 g/mol. The van der Waals surface area contributed by atoms with Crippen LogP contribution < -0.4 is 9.64 Å². The fraction of sp³-hybridized carbons (Fsp3) is 0.586. The van der Waals surface area contributed by atoms with E-state index in [4.69, 9.17) is 14.2 Å². The number of ether oxygens (including phenoxy) is 3. The van der Waals surface area contributed by atoms with Crippen LogP contribution in [-0.2, 0) is 20.8 Å². The zero-order valence-electron chi connectivity index (χ0n) is 24.3. The van der Waals surface area contributed by atoms with Crippen molar-refractivity contribution in [2.75, 3.05) is 31.7 Å². The maximum atomic E-state index is 13.9. The van der Waals surface area contributed by atoms with Crippen LogP contribution in [0.3, 0.4) is 0 Å². The number of likely N-dealkylation sites (tertiary alicyclic amines) is 1. The molecule has 10 nitrogen and oxygen atoms in total. The summed E-state index contributed by atoms with van der Waals surface area (Å²) in [5.74, 6) is -0.792. The number of halogens is 3. The first-order chi connectivity index (χ1) is 20.0. The number of anilines is 1. The van der Waals surface area contributed by atoms with Crippen molar-refractivity contribution < 1.29 is 37.0 Å². The zero-order chi connectivity index (χ0) is 30.4. The third-order valence-corrected chi connectivity index (χ3v) is 7.60. The molecule has 0 spiro atoms. The lowest BCUT2D eigenvalue weighted by molar-refractivity contribution is -0.189. The molecule has 0 aliphatic carbocycles. The molecule has 230 valence electrons. The molecule has 3 heterocycles. The highest BCUT2D eigenvalue weighted by Crippen LogP contribution is 2.34. The molecule has 1 aromatic heterocycles. The van der Waals surface area contributed by atoms with E-state index in [1.54, 1.807) is 63.5 Å². The van der Waals surface area contributed by atoms with Gasteiger partial charge in [0, 0.05) is 38.1 Å². The summed E-state index contributed by atoms with van der Waals surface area (Å²) in [6.45, 7) is 6.11. The molecule has 0 bridgehead atoms. The van der Waals surface area contributed by atoms with Crippen LogP contribution in [0.25, 0.3) is 0 Å². The minimum atomic E-state index is -5.10. The number of methoxy groups -OCH3 is 1. The summed E-state index contributed by atoms with van der Waals surface area (Å²) in [6, 6.07) is 5.97. The Bertz CT molecular complexity index is 1180. The fourth-order valence-corrected chi connectivity index (χ4v) is 5.58. The zero-order valence-corrected chi connectivity index (χ0v) is 24.3. The van der Waals surface area contributed by atoms with Crippen molar-refractivity contribution in [2.24, 2.45) is 0 Å². The molecule has 42 heavy (non-hydrogen) atoms. The van der Waals surface area contributed by atoms with E-state index >= 15 is 0 Å². The van der Waals surface area contributed by atoms with E-state index < -0.39 is 42.4 Å². The summed E-state index contributed by atoms with van der Waals surface area (Å²) in [7, 11) is 1.49. The van der Waals surface area contributed by atoms with Gasteiger partial charge in [-0.15, -0.1) is 0 Å². The van der Waals surface area contributed by atoms with Gasteiger partial charge >= 0.3 is 18.2 Å². The van der Waals surface area contributed by atoms with Gasteiger partial charge in [0.15, 0.2) is 0 Å². The van der Waals surface area contributed by atoms with E-state index in [1.165, 1.54) is 12.0 Å². The Morgan fingerprint density at radius 2 is 1.74 bits per heavy atom. The van der Waals surface area contributed by atoms with E-state index in [1.807, 2.05) is 4.90 Å². The van der Waals surface area contributed by atoms with E-state index in [0.29, 0.717) is 43.2 Å². The number of nitrogens with zero attached hydrogens (tertiary/aromatic N) is 5. The highest BCUT2D eigenvalue weighted by atomic mass is 19.4. The predicted octanol–water partition coefficient (Wildman–Crippen LogP) is 4.44. The van der Waals surface area contributed by atoms with Gasteiger partial charge in [0.25, 0.3) is 0 Å². The van der Waals surface area contributed by atoms with E-state index in [-0.39, 0.29) is 25.7 Å². The summed E-state index contributed by atoms with van der Waals surface area (Å²) in [5, 5.41) is 0. The van der Waals surface area contributed by atoms with Crippen LogP contribution >= 0.6 is 0 Å². The molecule has 2 saturated heterocycles. The molecule has 2 aromatic rings. The van der Waals surface area contributed by atoms with Crippen LogP contribution in [-0.4, -0.2) is 95.1 Å². The number of carbonyl (C=O) groups is 2. The molecule has 13 heteroatoms. The Hall–Kier alpha value is -3.61. The van der Waals surface area contributed by atoms with Crippen LogP contribution in [0.1, 0.15) is 45.6 Å². The van der Waals surface area contributed by atoms with E-state index in [2.05, 4.69) is 9.97 Å². The summed E-state index contributed by atoms with van der Waals surface area (Å²) in [5.41, 5.74) is 0.499. The van der Waals surface area contributed by atoms with Crippen LogP contribution in [0, 0.1) is 0 Å². The topological polar surface area (TPSA) is 97.3 Å². The highest BCUT2D eigenvalue weighted by molar-refractivity contribution is 5.82. The van der Waals surface area contributed by atoms with Crippen LogP contribution in [0.2, 0.25) is 0 Å². The number of rotatable bonds is 9. The SMILES string of the molecule is COc1ccc(CN(C(=O)C(F)(F)F)[C@H]2C[C@H](C)N(C(=O)OC(C)C)[C@H]2COC2CCN(c3ncccn3)CC2)cc1. The summed E-state index contributed by atoms with van der Waals surface area (Å²) >= 11 is 0. The number of benzene rings is 1. The van der Waals surface area contributed by atoms with Crippen molar-refractivity contribution in [1.29, 1.82) is 0 Å². The number of piperidine rings is 1. The average Bonchev–Trinajstić information content (AvgIpc) is 3.30. The molecule has 2 fully saturated rings. The lowest BCUT2D eigenvalue weighted by atomic mass is 10.0. The Balaban J connectivity index is 1.55. The molecule has 0 saturated carbocycles. The first-order valence-electron chi connectivity index (χ1n) is 14.1. The van der Waals surface area contributed by atoms with Crippen LogP contribution in [0.4, 0.5) is 23.9 Å². The Kier molecular flexibility index (Phi) is 10.1. The largest absolute Gasteiger partial charge is 0.497 e. The van der Waals surface area contributed by atoms with Crippen molar-refractivity contribution >= 4 is 17.9 Å². The summed E-state index contributed by atoms with van der Waals surface area (Å²) in [4.78, 5) is 38.9. The Morgan fingerprint density at radius 1 is 1.10 bits per heavy atom. The minimum absolute atomic E-state index is 0.0427. The fourth-order valence-electron chi connectivity index (χ4n) is 5.58. The van der Waals surface area contributed by atoms with Crippen LogP contribution in [0.15, 0.2) is 42.7 Å². The molecular formula is C29H38F3N5O5. The predicted molar refractivity (Wildman–Crippen MR) is 148 cm³/mol. The molecule has 0 unspecified atom stereocenters. The maximum Gasteiger partial charge on any atom is 0.471 e. The molecule has 0 radical (unpaired) electrons. The Morgan fingerprint density at radius 3 is 2.31 bits per heavy atom. The second kappa shape index (κ2) is 13.6. The molecule has 2 aliphatic rings. The maximum absolute atomic E-state index is 13.9. The molecule has 4 rings (SSSR count). The number of aromatic nitrogens is 2. The molecule has 3 atom stereocenters. The quantitative estimate of drug-likeness (QED) is 0.421. The standard InChI is InChI=1S/C29H38F3N5O5/c1-19(2)42-28(39)37-20(3)16-24(36(26(38)29(30,31)32)17-21-6-8-22(40-4)9-7-21)25(37)18-41-23-10-14-35(15-11-23)27-33-12-5-13-34-27/h5-9,12-13,19-20,23-25H,10-11,14-18H2,1-4H3/t20-,24-,25-/m0/s1. The number of alkyl halides is 3. The minimum Gasteiger partial charge on any atom is -0.497 e. The summed E-state index contributed by atoms with van der Waals surface area (Å²) in [6.07, 6.45) is -1.55. The third-order valence-electron chi connectivity index (χ3n) is 7.60. The van der Waals surface area contributed by atoms with Gasteiger partial charge in [-0.1, -0.05) is 12.1 Å². The lowest BCUT2D eigenvalue weighted by Gasteiger charge is -2.37. The summed E-state index contributed by atoms with van der Waals surface area (Å²) < 4.78 is 58.6. The van der Waals surface area contributed by atoms with Crippen molar-refractivity contribution in [3.8, 4) is 5.75 Å². The van der Waals surface area contributed by atoms with Gasteiger partial charge in [-0.05, 0) is 63.8 Å². The van der Waals surface area contributed by atoms with Gasteiger partial charge in [-0.2, -0.15) is 13.2 Å². The van der Waals surface area contributed by atoms with Gasteiger partial charge in [-0.25, -0.2) is 14.8 Å². The third kappa shape index (κ3) is 7.61. The second-order valence-electron chi connectivity index (χ2n) is 10.9. The van der Waals surface area contributed by atoms with E-state index in [9.17, 15) is 22.8 Å². The molecule has 0 N–H and O–H groups in total. The van der Waals surface area contributed by atoms with Crippen molar-refractivity contribution in [2.45, 2.75) is 83.1 Å². The van der Waals surface area contributed by atoms with Crippen molar-refractivity contribution in [1.82, 2.24) is 19.8 Å². The van der Waals surface area contributed by atoms with E-state index in [0.717, 1.165) is 4.90 Å². The van der Waals surface area contributed by atoms with Gasteiger partial charge in [0.05, 0.1) is 38.0 Å². The first kappa shape index (κ1) is 31.3. The highest BCUT2D eigenvalue weighted by Gasteiger charge is 2.52. The first-order valence-corrected chi connectivity index (χ1v) is 14.1. The van der Waals surface area contributed by atoms with Crippen LogP contribution in [0.5, 0.6) is 5.75 Å². The van der Waals surface area contributed by atoms with Crippen molar-refractivity contribution in [3.05, 3.63) is 48.3 Å². The lowest BCUT2D eigenvalue weighted by Crippen LogP contribution is -2.54. The van der Waals surface area contributed by atoms with Crippen molar-refractivity contribution in [3.63, 3.8) is 0 Å².